The maximum absolute atomic E-state index is 11.2. The molecule has 0 spiro atoms. The molecule has 0 N–H and O–H groups in total. The predicted octanol–water partition coefficient (Wildman–Crippen LogP) is 2.55. The first-order valence-corrected chi connectivity index (χ1v) is 5.32. The van der Waals surface area contributed by atoms with Gasteiger partial charge in [-0.25, -0.2) is 9.79 Å². The molecule has 1 atom stereocenters. The van der Waals surface area contributed by atoms with Crippen molar-refractivity contribution in [2.24, 2.45) is 4.99 Å². The molecule has 0 aromatic heterocycles. The zero-order valence-electron chi connectivity index (χ0n) is 6.79. The molecule has 3 nitrogen and oxygen atoms in total. The molecule has 1 aliphatic heterocycles. The summed E-state index contributed by atoms with van der Waals surface area (Å²) in [4.78, 5) is 15.2. The summed E-state index contributed by atoms with van der Waals surface area (Å²) in [7, 11) is 0. The molecule has 0 radical (unpaired) electrons. The van der Waals surface area contributed by atoms with Crippen LogP contribution in [0.1, 0.15) is 32.1 Å². The fourth-order valence-electron chi connectivity index (χ4n) is 1.83. The van der Waals surface area contributed by atoms with Crippen LogP contribution in [0.25, 0.3) is 0 Å². The van der Waals surface area contributed by atoms with Gasteiger partial charge in [-0.05, 0) is 19.3 Å². The number of urea groups is 1. The Morgan fingerprint density at radius 2 is 2.25 bits per heavy atom. The Kier molecular flexibility index (Phi) is 2.34. The zero-order valence-corrected chi connectivity index (χ0v) is 8.95. The van der Waals surface area contributed by atoms with E-state index in [9.17, 15) is 4.79 Å². The average Bonchev–Trinajstić information content (AvgIpc) is 2.30. The number of hydrogen-bond donors (Lipinski definition) is 0. The minimum Gasteiger partial charge on any atom is -0.256 e. The number of amides is 2. The lowest BCUT2D eigenvalue weighted by Gasteiger charge is -2.15. The van der Waals surface area contributed by atoms with Gasteiger partial charge in [-0.2, -0.15) is 0 Å². The smallest absolute Gasteiger partial charge is 0.256 e. The molecule has 1 aliphatic carbocycles. The molecule has 0 aromatic rings. The van der Waals surface area contributed by atoms with Crippen molar-refractivity contribution in [3.63, 3.8) is 0 Å². The number of carbonyl (C=O) groups is 1. The highest BCUT2D eigenvalue weighted by molar-refractivity contribution is 14.1. The van der Waals surface area contributed by atoms with Crippen LogP contribution >= 0.6 is 22.9 Å². The van der Waals surface area contributed by atoms with Crippen molar-refractivity contribution in [3.8, 4) is 0 Å². The summed E-state index contributed by atoms with van der Waals surface area (Å²) in [5.74, 6) is 0. The standard InChI is InChI=1S/C8H11IN2O/c9-11-7-5-3-1-2-4-6(7)10-8(11)12/h7H,1-5H2. The summed E-state index contributed by atoms with van der Waals surface area (Å²) in [6, 6.07) is 0.262. The van der Waals surface area contributed by atoms with E-state index in [0.29, 0.717) is 6.04 Å². The highest BCUT2D eigenvalue weighted by Gasteiger charge is 2.33. The van der Waals surface area contributed by atoms with E-state index in [-0.39, 0.29) is 6.03 Å². The van der Waals surface area contributed by atoms with Crippen molar-refractivity contribution in [1.82, 2.24) is 3.11 Å². The van der Waals surface area contributed by atoms with Crippen molar-refractivity contribution in [1.29, 1.82) is 0 Å². The third-order valence-corrected chi connectivity index (χ3v) is 3.58. The molecular formula is C8H11IN2O. The van der Waals surface area contributed by atoms with Gasteiger partial charge in [0.1, 0.15) is 0 Å². The van der Waals surface area contributed by atoms with E-state index in [4.69, 9.17) is 0 Å². The van der Waals surface area contributed by atoms with Crippen LogP contribution in [0, 0.1) is 0 Å². The van der Waals surface area contributed by atoms with Gasteiger partial charge in [0.2, 0.25) is 0 Å². The van der Waals surface area contributed by atoms with Crippen LogP contribution in [0.5, 0.6) is 0 Å². The van der Waals surface area contributed by atoms with E-state index in [1.165, 1.54) is 19.3 Å². The van der Waals surface area contributed by atoms with E-state index < -0.39 is 0 Å². The predicted molar refractivity (Wildman–Crippen MR) is 55.6 cm³/mol. The number of hydrogen-bond acceptors (Lipinski definition) is 1. The second kappa shape index (κ2) is 3.32. The normalized spacial score (nSPS) is 29.8. The number of nitrogens with zero attached hydrogens (tertiary/aromatic N) is 2. The minimum atomic E-state index is -0.0579. The highest BCUT2D eigenvalue weighted by Crippen LogP contribution is 2.27. The van der Waals surface area contributed by atoms with Crippen LogP contribution in [0.3, 0.4) is 0 Å². The van der Waals surface area contributed by atoms with Gasteiger partial charge >= 0.3 is 6.03 Å². The first-order chi connectivity index (χ1) is 5.79. The van der Waals surface area contributed by atoms with Gasteiger partial charge in [0, 0.05) is 5.71 Å². The monoisotopic (exact) mass is 278 g/mol. The van der Waals surface area contributed by atoms with Crippen molar-refractivity contribution >= 4 is 34.6 Å². The van der Waals surface area contributed by atoms with Crippen molar-refractivity contribution in [3.05, 3.63) is 0 Å². The van der Waals surface area contributed by atoms with Crippen LogP contribution in [0.4, 0.5) is 4.79 Å². The van der Waals surface area contributed by atoms with Crippen molar-refractivity contribution in [2.45, 2.75) is 38.1 Å². The molecule has 0 aromatic carbocycles. The van der Waals surface area contributed by atoms with Gasteiger partial charge in [0.25, 0.3) is 0 Å². The van der Waals surface area contributed by atoms with Gasteiger partial charge in [-0.1, -0.05) is 12.8 Å². The lowest BCUT2D eigenvalue weighted by molar-refractivity contribution is 0.238. The Balaban J connectivity index is 2.19. The summed E-state index contributed by atoms with van der Waals surface area (Å²) in [5.41, 5.74) is 1.12. The lowest BCUT2D eigenvalue weighted by atomic mass is 10.1. The van der Waals surface area contributed by atoms with Gasteiger partial charge in [0.15, 0.2) is 0 Å². The third-order valence-electron chi connectivity index (χ3n) is 2.49. The zero-order chi connectivity index (χ0) is 8.55. The first kappa shape index (κ1) is 8.47. The molecule has 2 rings (SSSR count). The van der Waals surface area contributed by atoms with Gasteiger partial charge in [-0.15, -0.1) is 0 Å². The molecule has 1 saturated carbocycles. The summed E-state index contributed by atoms with van der Waals surface area (Å²) < 4.78 is 1.75. The Morgan fingerprint density at radius 3 is 3.08 bits per heavy atom. The molecule has 0 saturated heterocycles. The summed E-state index contributed by atoms with van der Waals surface area (Å²) in [5, 5.41) is 0. The van der Waals surface area contributed by atoms with E-state index in [1.807, 2.05) is 0 Å². The number of rotatable bonds is 0. The maximum Gasteiger partial charge on any atom is 0.352 e. The van der Waals surface area contributed by atoms with Gasteiger partial charge in [0.05, 0.1) is 28.9 Å². The second-order valence-electron chi connectivity index (χ2n) is 3.31. The van der Waals surface area contributed by atoms with E-state index in [2.05, 4.69) is 27.9 Å². The molecule has 0 bridgehead atoms. The summed E-state index contributed by atoms with van der Waals surface area (Å²) in [6.07, 6.45) is 5.85. The average molecular weight is 278 g/mol. The number of halogens is 1. The van der Waals surface area contributed by atoms with Crippen LogP contribution in [0.15, 0.2) is 4.99 Å². The third kappa shape index (κ3) is 1.36. The van der Waals surface area contributed by atoms with E-state index in [1.54, 1.807) is 3.11 Å². The van der Waals surface area contributed by atoms with Crippen LogP contribution in [-0.2, 0) is 0 Å². The fourth-order valence-corrected chi connectivity index (χ4v) is 2.54. The number of fused-ring (bicyclic) bond motifs is 1. The molecule has 2 amide bonds. The summed E-state index contributed by atoms with van der Waals surface area (Å²) in [6.45, 7) is 0. The van der Waals surface area contributed by atoms with Gasteiger partial charge < -0.3 is 0 Å². The van der Waals surface area contributed by atoms with Crippen LogP contribution < -0.4 is 0 Å². The molecule has 1 unspecified atom stereocenters. The SMILES string of the molecule is O=C1N=C2CCCCCC2N1I. The molecule has 66 valence electrons. The molecule has 12 heavy (non-hydrogen) atoms. The van der Waals surface area contributed by atoms with Crippen molar-refractivity contribution in [2.75, 3.05) is 0 Å². The highest BCUT2D eigenvalue weighted by atomic mass is 127. The quantitative estimate of drug-likeness (QED) is 0.495. The molecule has 2 aliphatic rings. The van der Waals surface area contributed by atoms with Gasteiger partial charge in [-0.3, -0.25) is 3.11 Å². The van der Waals surface area contributed by atoms with Crippen LogP contribution in [0.2, 0.25) is 0 Å². The Morgan fingerprint density at radius 1 is 1.42 bits per heavy atom. The van der Waals surface area contributed by atoms with Crippen molar-refractivity contribution < 1.29 is 4.79 Å². The number of aliphatic imine (C=N–C) groups is 1. The van der Waals surface area contributed by atoms with Crippen LogP contribution in [-0.4, -0.2) is 20.9 Å². The minimum absolute atomic E-state index is 0.0579. The largest absolute Gasteiger partial charge is 0.352 e. The molecule has 4 heteroatoms. The first-order valence-electron chi connectivity index (χ1n) is 4.35. The molecule has 1 heterocycles. The topological polar surface area (TPSA) is 32.7 Å². The Bertz CT molecular complexity index is 239. The Labute approximate surface area is 85.7 Å². The fraction of sp³-hybridized carbons (Fsp3) is 0.750. The summed E-state index contributed by atoms with van der Waals surface area (Å²) >= 11 is 2.08. The molecular weight excluding hydrogens is 267 g/mol. The van der Waals surface area contributed by atoms with E-state index in [0.717, 1.165) is 18.6 Å². The number of carbonyl (C=O) groups excluding carboxylic acids is 1. The van der Waals surface area contributed by atoms with E-state index >= 15 is 0 Å². The lowest BCUT2D eigenvalue weighted by Crippen LogP contribution is -2.28. The molecule has 1 fully saturated rings. The maximum atomic E-state index is 11.2. The second-order valence-corrected chi connectivity index (χ2v) is 4.35. The Hall–Kier alpha value is -0.130.